The van der Waals surface area contributed by atoms with E-state index in [9.17, 15) is 17.2 Å². The zero-order valence-electron chi connectivity index (χ0n) is 15.2. The van der Waals surface area contributed by atoms with Crippen molar-refractivity contribution in [1.82, 2.24) is 9.97 Å². The summed E-state index contributed by atoms with van der Waals surface area (Å²) < 4.78 is 50.9. The maximum Gasteiger partial charge on any atom is 0.238 e. The van der Waals surface area contributed by atoms with Gasteiger partial charge < -0.3 is 4.98 Å². The summed E-state index contributed by atoms with van der Waals surface area (Å²) in [6.07, 6.45) is 0.697. The molecule has 8 heteroatoms. The van der Waals surface area contributed by atoms with Crippen molar-refractivity contribution in [2.45, 2.75) is 17.7 Å². The third kappa shape index (κ3) is 3.90. The van der Waals surface area contributed by atoms with E-state index in [4.69, 9.17) is 5.14 Å². The number of hydrogen-bond acceptors (Lipinski definition) is 3. The van der Waals surface area contributed by atoms with Gasteiger partial charge in [-0.3, -0.25) is 0 Å². The van der Waals surface area contributed by atoms with Crippen molar-refractivity contribution in [3.05, 3.63) is 83.7 Å². The minimum Gasteiger partial charge on any atom is -0.342 e. The Kier molecular flexibility index (Phi) is 4.89. The number of hydrogen-bond donors (Lipinski definition) is 2. The minimum absolute atomic E-state index is 0.0423. The van der Waals surface area contributed by atoms with Gasteiger partial charge in [0.25, 0.3) is 0 Å². The molecule has 0 radical (unpaired) electrons. The van der Waals surface area contributed by atoms with Crippen LogP contribution in [0.25, 0.3) is 22.2 Å². The molecule has 4 rings (SSSR count). The lowest BCUT2D eigenvalue weighted by atomic mass is 10.1. The molecule has 3 aromatic carbocycles. The third-order valence-electron chi connectivity index (χ3n) is 4.70. The molecule has 3 N–H and O–H groups in total. The van der Waals surface area contributed by atoms with Crippen LogP contribution in [-0.4, -0.2) is 18.4 Å². The third-order valence-corrected chi connectivity index (χ3v) is 5.67. The van der Waals surface area contributed by atoms with Crippen LogP contribution in [0.3, 0.4) is 0 Å². The van der Waals surface area contributed by atoms with E-state index in [1.54, 1.807) is 42.5 Å². The van der Waals surface area contributed by atoms with E-state index in [0.717, 1.165) is 6.07 Å². The number of H-pyrrole nitrogens is 1. The highest BCUT2D eigenvalue weighted by Gasteiger charge is 2.15. The molecule has 5 nitrogen and oxygen atoms in total. The first-order valence-corrected chi connectivity index (χ1v) is 10.4. The second kappa shape index (κ2) is 7.38. The Hall–Kier alpha value is -3.10. The topological polar surface area (TPSA) is 88.8 Å². The van der Waals surface area contributed by atoms with Gasteiger partial charge in [0.2, 0.25) is 10.0 Å². The Balaban J connectivity index is 1.65. The highest BCUT2D eigenvalue weighted by molar-refractivity contribution is 7.89. The predicted octanol–water partition coefficient (Wildman–Crippen LogP) is 3.94. The Bertz CT molecular complexity index is 1320. The lowest BCUT2D eigenvalue weighted by Gasteiger charge is -2.07. The standard InChI is InChI=1S/C21H17F2N3O2S/c22-16-6-3-4-13(21(16)23)9-11-20-25-17-10-8-14(12-18(17)26-20)15-5-1-2-7-19(15)29(24,27)28/h1-8,10,12H,9,11H2,(H,25,26)(H2,24,27,28). The fourth-order valence-electron chi connectivity index (χ4n) is 3.30. The largest absolute Gasteiger partial charge is 0.342 e. The van der Waals surface area contributed by atoms with Crippen molar-refractivity contribution < 1.29 is 17.2 Å². The zero-order chi connectivity index (χ0) is 20.6. The number of sulfonamides is 1. The number of nitrogens with two attached hydrogens (primary N) is 1. The molecule has 0 saturated carbocycles. The number of halogens is 2. The van der Waals surface area contributed by atoms with Gasteiger partial charge in [0, 0.05) is 12.0 Å². The maximum absolute atomic E-state index is 13.8. The molecule has 4 aromatic rings. The van der Waals surface area contributed by atoms with E-state index < -0.39 is 21.7 Å². The molecule has 0 spiro atoms. The summed E-state index contributed by atoms with van der Waals surface area (Å²) in [6, 6.07) is 15.9. The summed E-state index contributed by atoms with van der Waals surface area (Å²) in [6.45, 7) is 0. The summed E-state index contributed by atoms with van der Waals surface area (Å²) in [4.78, 5) is 7.67. The van der Waals surface area contributed by atoms with E-state index in [1.165, 1.54) is 12.1 Å². The molecular weight excluding hydrogens is 396 g/mol. The fourth-order valence-corrected chi connectivity index (χ4v) is 4.06. The van der Waals surface area contributed by atoms with Crippen LogP contribution in [-0.2, 0) is 22.9 Å². The van der Waals surface area contributed by atoms with Crippen LogP contribution in [0.4, 0.5) is 8.78 Å². The molecule has 148 valence electrons. The molecule has 0 bridgehead atoms. The molecule has 0 amide bonds. The van der Waals surface area contributed by atoms with E-state index in [2.05, 4.69) is 9.97 Å². The molecule has 0 fully saturated rings. The summed E-state index contributed by atoms with van der Waals surface area (Å²) in [5, 5.41) is 5.32. The first-order chi connectivity index (χ1) is 13.8. The molecule has 0 saturated heterocycles. The van der Waals surface area contributed by atoms with E-state index in [-0.39, 0.29) is 10.5 Å². The van der Waals surface area contributed by atoms with Crippen LogP contribution >= 0.6 is 0 Å². The second-order valence-corrected chi connectivity index (χ2v) is 8.20. The molecule has 0 aliphatic rings. The van der Waals surface area contributed by atoms with Gasteiger partial charge in [-0.15, -0.1) is 0 Å². The van der Waals surface area contributed by atoms with Gasteiger partial charge in [0.05, 0.1) is 15.9 Å². The van der Waals surface area contributed by atoms with Gasteiger partial charge in [0.1, 0.15) is 5.82 Å². The van der Waals surface area contributed by atoms with Crippen LogP contribution in [0.15, 0.2) is 65.6 Å². The number of aryl methyl sites for hydroxylation is 2. The number of benzene rings is 3. The first-order valence-electron chi connectivity index (χ1n) is 8.86. The number of aromatic nitrogens is 2. The second-order valence-electron chi connectivity index (χ2n) is 6.67. The van der Waals surface area contributed by atoms with Crippen molar-refractivity contribution in [1.29, 1.82) is 0 Å². The van der Waals surface area contributed by atoms with E-state index in [0.29, 0.717) is 40.8 Å². The quantitative estimate of drug-likeness (QED) is 0.519. The molecule has 1 heterocycles. The lowest BCUT2D eigenvalue weighted by Crippen LogP contribution is -2.13. The number of nitrogens with zero attached hydrogens (tertiary/aromatic N) is 1. The molecular formula is C21H17F2N3O2S. The van der Waals surface area contributed by atoms with Crippen molar-refractivity contribution in [2.75, 3.05) is 0 Å². The summed E-state index contributed by atoms with van der Waals surface area (Å²) in [5.74, 6) is -1.09. The van der Waals surface area contributed by atoms with Gasteiger partial charge in [0.15, 0.2) is 11.6 Å². The predicted molar refractivity (Wildman–Crippen MR) is 107 cm³/mol. The fraction of sp³-hybridized carbons (Fsp3) is 0.0952. The van der Waals surface area contributed by atoms with Crippen LogP contribution < -0.4 is 5.14 Å². The Morgan fingerprint density at radius 3 is 2.55 bits per heavy atom. The van der Waals surface area contributed by atoms with Gasteiger partial charge in [-0.25, -0.2) is 27.3 Å². The normalized spacial score (nSPS) is 11.8. The molecule has 0 unspecified atom stereocenters. The van der Waals surface area contributed by atoms with Crippen molar-refractivity contribution in [2.24, 2.45) is 5.14 Å². The number of aromatic amines is 1. The lowest BCUT2D eigenvalue weighted by molar-refractivity contribution is 0.498. The molecule has 0 aliphatic heterocycles. The smallest absolute Gasteiger partial charge is 0.238 e. The minimum atomic E-state index is -3.87. The summed E-state index contributed by atoms with van der Waals surface area (Å²) >= 11 is 0. The number of imidazole rings is 1. The maximum atomic E-state index is 13.8. The number of primary sulfonamides is 1. The van der Waals surface area contributed by atoms with Gasteiger partial charge in [-0.2, -0.15) is 0 Å². The average Bonchev–Trinajstić information content (AvgIpc) is 3.10. The Morgan fingerprint density at radius 1 is 0.966 bits per heavy atom. The molecule has 0 aliphatic carbocycles. The van der Waals surface area contributed by atoms with Crippen LogP contribution in [0.2, 0.25) is 0 Å². The van der Waals surface area contributed by atoms with E-state index in [1.807, 2.05) is 0 Å². The molecule has 29 heavy (non-hydrogen) atoms. The van der Waals surface area contributed by atoms with E-state index >= 15 is 0 Å². The monoisotopic (exact) mass is 413 g/mol. The van der Waals surface area contributed by atoms with Gasteiger partial charge in [-0.05, 0) is 41.8 Å². The van der Waals surface area contributed by atoms with Gasteiger partial charge in [-0.1, -0.05) is 36.4 Å². The van der Waals surface area contributed by atoms with Crippen LogP contribution in [0.1, 0.15) is 11.4 Å². The number of fused-ring (bicyclic) bond motifs is 1. The first kappa shape index (κ1) is 19.2. The van der Waals surface area contributed by atoms with Crippen molar-refractivity contribution in [3.63, 3.8) is 0 Å². The van der Waals surface area contributed by atoms with Crippen LogP contribution in [0.5, 0.6) is 0 Å². The molecule has 1 aromatic heterocycles. The number of nitrogens with one attached hydrogen (secondary N) is 1. The Labute approximate surface area is 166 Å². The Morgan fingerprint density at radius 2 is 1.76 bits per heavy atom. The van der Waals surface area contributed by atoms with Crippen molar-refractivity contribution >= 4 is 21.1 Å². The van der Waals surface area contributed by atoms with Crippen molar-refractivity contribution in [3.8, 4) is 11.1 Å². The van der Waals surface area contributed by atoms with Crippen LogP contribution in [0, 0.1) is 11.6 Å². The average molecular weight is 413 g/mol. The zero-order valence-corrected chi connectivity index (χ0v) is 16.0. The summed E-state index contributed by atoms with van der Waals surface area (Å²) in [5.41, 5.74) is 2.86. The van der Waals surface area contributed by atoms with Gasteiger partial charge >= 0.3 is 0 Å². The highest BCUT2D eigenvalue weighted by atomic mass is 32.2. The SMILES string of the molecule is NS(=O)(=O)c1ccccc1-c1ccc2nc(CCc3cccc(F)c3F)[nH]c2c1. The molecule has 0 atom stereocenters. The summed E-state index contributed by atoms with van der Waals surface area (Å²) in [7, 11) is -3.87. The number of rotatable bonds is 5. The highest BCUT2D eigenvalue weighted by Crippen LogP contribution is 2.29.